The summed E-state index contributed by atoms with van der Waals surface area (Å²) in [5.41, 5.74) is 1.63. The maximum Gasteiger partial charge on any atom is 0.433 e. The van der Waals surface area contributed by atoms with E-state index in [1.54, 1.807) is 42.6 Å². The molecular formula is C23H17Cl2F3N4O2. The lowest BCUT2D eigenvalue weighted by molar-refractivity contribution is -0.141. The van der Waals surface area contributed by atoms with Crippen LogP contribution in [0.5, 0.6) is 0 Å². The summed E-state index contributed by atoms with van der Waals surface area (Å²) in [6, 6.07) is 11.7. The Balaban J connectivity index is 1.50. The van der Waals surface area contributed by atoms with Crippen molar-refractivity contribution < 1.29 is 23.1 Å². The van der Waals surface area contributed by atoms with Crippen LogP contribution in [0.25, 0.3) is 0 Å². The Labute approximate surface area is 202 Å². The number of pyridine rings is 1. The van der Waals surface area contributed by atoms with Crippen molar-refractivity contribution in [2.45, 2.75) is 18.7 Å². The highest BCUT2D eigenvalue weighted by atomic mass is 35.5. The largest absolute Gasteiger partial charge is 0.433 e. The van der Waals surface area contributed by atoms with E-state index in [-0.39, 0.29) is 11.6 Å². The van der Waals surface area contributed by atoms with Crippen LogP contribution >= 0.6 is 23.2 Å². The molecule has 6 nitrogen and oxygen atoms in total. The van der Waals surface area contributed by atoms with E-state index in [2.05, 4.69) is 15.4 Å². The molecule has 34 heavy (non-hydrogen) atoms. The third kappa shape index (κ3) is 5.16. The molecule has 2 aromatic carbocycles. The second kappa shape index (κ2) is 9.61. The third-order valence-corrected chi connectivity index (χ3v) is 5.85. The van der Waals surface area contributed by atoms with E-state index in [1.165, 1.54) is 6.07 Å². The molecule has 0 bridgehead atoms. The van der Waals surface area contributed by atoms with E-state index >= 15 is 0 Å². The number of halogens is 5. The van der Waals surface area contributed by atoms with Gasteiger partial charge in [-0.25, -0.2) is 4.79 Å². The molecular weight excluding hydrogens is 492 g/mol. The number of aromatic nitrogens is 1. The predicted molar refractivity (Wildman–Crippen MR) is 123 cm³/mol. The summed E-state index contributed by atoms with van der Waals surface area (Å²) < 4.78 is 38.1. The molecule has 4 rings (SSSR count). The van der Waals surface area contributed by atoms with E-state index < -0.39 is 18.0 Å². The number of urea groups is 1. The van der Waals surface area contributed by atoms with Crippen LogP contribution in [-0.2, 0) is 12.6 Å². The van der Waals surface area contributed by atoms with Crippen LogP contribution < -0.4 is 10.3 Å². The number of nitrogens with one attached hydrogen (secondary N) is 1. The Hall–Kier alpha value is -3.14. The van der Waals surface area contributed by atoms with Gasteiger partial charge in [-0.1, -0.05) is 53.5 Å². The first kappa shape index (κ1) is 24.0. The Morgan fingerprint density at radius 2 is 1.71 bits per heavy atom. The van der Waals surface area contributed by atoms with Gasteiger partial charge in [-0.15, -0.1) is 0 Å². The molecule has 1 aliphatic heterocycles. The Morgan fingerprint density at radius 3 is 2.26 bits per heavy atom. The average Bonchev–Trinajstić information content (AvgIpc) is 2.81. The smallest absolute Gasteiger partial charge is 0.384 e. The van der Waals surface area contributed by atoms with Crippen molar-refractivity contribution in [1.82, 2.24) is 10.3 Å². The van der Waals surface area contributed by atoms with Gasteiger partial charge in [0.1, 0.15) is 11.8 Å². The Bertz CT molecular complexity index is 1210. The highest BCUT2D eigenvalue weighted by Crippen LogP contribution is 2.34. The van der Waals surface area contributed by atoms with Crippen LogP contribution in [0.2, 0.25) is 10.0 Å². The molecule has 0 aliphatic carbocycles. The molecule has 1 unspecified atom stereocenters. The molecule has 2 amide bonds. The predicted octanol–water partition coefficient (Wildman–Crippen LogP) is 5.60. The van der Waals surface area contributed by atoms with Crippen molar-refractivity contribution in [1.29, 1.82) is 0 Å². The van der Waals surface area contributed by atoms with Gasteiger partial charge in [-0.3, -0.25) is 4.98 Å². The summed E-state index contributed by atoms with van der Waals surface area (Å²) in [6.07, 6.45) is -2.74. The Kier molecular flexibility index (Phi) is 6.79. The minimum atomic E-state index is -4.54. The summed E-state index contributed by atoms with van der Waals surface area (Å²) in [7, 11) is 0. The van der Waals surface area contributed by atoms with Crippen molar-refractivity contribution in [3.05, 3.63) is 92.7 Å². The van der Waals surface area contributed by atoms with Crippen LogP contribution in [0.1, 0.15) is 34.1 Å². The zero-order valence-corrected chi connectivity index (χ0v) is 18.9. The fraction of sp³-hybridized carbons (Fsp3) is 0.174. The van der Waals surface area contributed by atoms with Gasteiger partial charge >= 0.3 is 12.2 Å². The minimum Gasteiger partial charge on any atom is -0.384 e. The third-order valence-electron chi connectivity index (χ3n) is 5.17. The van der Waals surface area contributed by atoms with Crippen LogP contribution in [0.15, 0.2) is 59.8 Å². The number of nitrogens with zero attached hydrogens (tertiary/aromatic N) is 3. The normalized spacial score (nSPS) is 14.8. The molecule has 2 N–H and O–H groups in total. The summed E-state index contributed by atoms with van der Waals surface area (Å²) in [5.74, 6) is 0. The minimum absolute atomic E-state index is 0.242. The molecule has 3 aromatic rings. The monoisotopic (exact) mass is 508 g/mol. The first-order chi connectivity index (χ1) is 16.1. The van der Waals surface area contributed by atoms with Gasteiger partial charge in [-0.2, -0.15) is 23.3 Å². The molecule has 1 atom stereocenters. The number of anilines is 1. The highest BCUT2D eigenvalue weighted by Gasteiger charge is 2.32. The van der Waals surface area contributed by atoms with Crippen molar-refractivity contribution >= 4 is 41.1 Å². The molecule has 1 aliphatic rings. The number of amides is 2. The summed E-state index contributed by atoms with van der Waals surface area (Å²) in [6.45, 7) is 0.342. The van der Waals surface area contributed by atoms with Crippen LogP contribution in [0.4, 0.5) is 23.7 Å². The van der Waals surface area contributed by atoms with Crippen molar-refractivity contribution in [3.8, 4) is 0 Å². The first-order valence-electron chi connectivity index (χ1n) is 10.0. The summed E-state index contributed by atoms with van der Waals surface area (Å²) in [4.78, 5) is 15.4. The second-order valence-electron chi connectivity index (χ2n) is 7.48. The molecule has 0 fully saturated rings. The lowest BCUT2D eigenvalue weighted by Gasteiger charge is -2.22. The van der Waals surface area contributed by atoms with Crippen molar-refractivity contribution in [2.24, 2.45) is 5.10 Å². The number of aliphatic hydroxyl groups is 1. The standard InChI is InChI=1S/C23H17Cl2F3N4O2/c24-18-10-16(32-22(34)29-7-8-31-32)11-19(25)17(18)9-13-1-3-14(4-2-13)21(33)15-5-6-20(30-12-15)23(26,27)28/h1-6,8,10-12,21,33H,7,9H2,(H,29,34). The molecule has 0 spiro atoms. The zero-order chi connectivity index (χ0) is 24.5. The molecule has 1 aromatic heterocycles. The quantitative estimate of drug-likeness (QED) is 0.471. The topological polar surface area (TPSA) is 77.8 Å². The summed E-state index contributed by atoms with van der Waals surface area (Å²) in [5, 5.41) is 19.1. The van der Waals surface area contributed by atoms with Gasteiger partial charge in [0.15, 0.2) is 0 Å². The number of hydrogen-bond acceptors (Lipinski definition) is 4. The number of aliphatic hydroxyl groups excluding tert-OH is 1. The van der Waals surface area contributed by atoms with Gasteiger partial charge < -0.3 is 10.4 Å². The number of alkyl halides is 3. The molecule has 11 heteroatoms. The maximum absolute atomic E-state index is 12.7. The SMILES string of the molecule is O=C1NCC=NN1c1cc(Cl)c(Cc2ccc(C(O)c3ccc(C(F)(F)F)nc3)cc2)c(Cl)c1. The van der Waals surface area contributed by atoms with Gasteiger partial charge in [0.05, 0.1) is 12.2 Å². The van der Waals surface area contributed by atoms with Gasteiger partial charge in [0, 0.05) is 34.4 Å². The lowest BCUT2D eigenvalue weighted by Crippen LogP contribution is -2.41. The molecule has 0 saturated carbocycles. The number of hydrazone groups is 1. The fourth-order valence-corrected chi connectivity index (χ4v) is 4.01. The number of carbonyl (C=O) groups excluding carboxylic acids is 1. The van der Waals surface area contributed by atoms with Crippen molar-refractivity contribution in [3.63, 3.8) is 0 Å². The molecule has 176 valence electrons. The average molecular weight is 509 g/mol. The first-order valence-corrected chi connectivity index (χ1v) is 10.8. The van der Waals surface area contributed by atoms with Gasteiger partial charge in [-0.05, 0) is 34.9 Å². The lowest BCUT2D eigenvalue weighted by atomic mass is 9.98. The zero-order valence-electron chi connectivity index (χ0n) is 17.4. The summed E-state index contributed by atoms with van der Waals surface area (Å²) >= 11 is 12.9. The Morgan fingerprint density at radius 1 is 1.06 bits per heavy atom. The van der Waals surface area contributed by atoms with Crippen LogP contribution in [-0.4, -0.2) is 28.9 Å². The van der Waals surface area contributed by atoms with E-state index in [9.17, 15) is 23.1 Å². The van der Waals surface area contributed by atoms with Crippen LogP contribution in [0, 0.1) is 0 Å². The number of hydrogen-bond donors (Lipinski definition) is 2. The van der Waals surface area contributed by atoms with Crippen molar-refractivity contribution in [2.75, 3.05) is 11.6 Å². The van der Waals surface area contributed by atoms with E-state index in [1.807, 2.05) is 0 Å². The van der Waals surface area contributed by atoms with Gasteiger partial charge in [0.2, 0.25) is 0 Å². The van der Waals surface area contributed by atoms with Gasteiger partial charge in [0.25, 0.3) is 0 Å². The molecule has 2 heterocycles. The molecule has 0 radical (unpaired) electrons. The van der Waals surface area contributed by atoms with E-state index in [0.717, 1.165) is 22.8 Å². The maximum atomic E-state index is 12.7. The van der Waals surface area contributed by atoms with E-state index in [0.29, 0.717) is 39.8 Å². The second-order valence-corrected chi connectivity index (χ2v) is 8.29. The highest BCUT2D eigenvalue weighted by molar-refractivity contribution is 6.36. The number of rotatable bonds is 5. The fourth-order valence-electron chi connectivity index (χ4n) is 3.40. The van der Waals surface area contributed by atoms with E-state index in [4.69, 9.17) is 23.2 Å². The molecule has 0 saturated heterocycles. The number of carbonyl (C=O) groups is 1. The number of benzene rings is 2. The van der Waals surface area contributed by atoms with Crippen LogP contribution in [0.3, 0.4) is 0 Å².